The van der Waals surface area contributed by atoms with Gasteiger partial charge in [-0.25, -0.2) is 9.37 Å². The maximum Gasteiger partial charge on any atom is 0.236 e. The van der Waals surface area contributed by atoms with Crippen molar-refractivity contribution in [3.05, 3.63) is 47.3 Å². The molecule has 2 fully saturated rings. The highest BCUT2D eigenvalue weighted by Crippen LogP contribution is 2.33. The Kier molecular flexibility index (Phi) is 7.47. The summed E-state index contributed by atoms with van der Waals surface area (Å²) in [6.07, 6.45) is 8.73. The van der Waals surface area contributed by atoms with Gasteiger partial charge in [0.05, 0.1) is 6.10 Å². The molecule has 7 nitrogen and oxygen atoms in total. The number of hydrogen-bond donors (Lipinski definition) is 2. The number of halogens is 1. The van der Waals surface area contributed by atoms with Crippen LogP contribution in [0, 0.1) is 34.9 Å². The SMILES string of the molecule is CC1CCC(Cn2c(CC(O)c3ccccc3F)nc3nc(C#N)nc(NCCC4CCC4)c32)CC1. The summed E-state index contributed by atoms with van der Waals surface area (Å²) in [5, 5.41) is 24.0. The molecule has 190 valence electrons. The van der Waals surface area contributed by atoms with Crippen LogP contribution in [0.1, 0.15) is 81.6 Å². The molecule has 8 heteroatoms. The van der Waals surface area contributed by atoms with Crippen LogP contribution in [-0.2, 0) is 13.0 Å². The lowest BCUT2D eigenvalue weighted by Crippen LogP contribution is -2.21. The zero-order valence-electron chi connectivity index (χ0n) is 21.0. The van der Waals surface area contributed by atoms with Gasteiger partial charge in [0.25, 0.3) is 0 Å². The Hall–Kier alpha value is -3.05. The second-order valence-corrected chi connectivity index (χ2v) is 10.7. The normalized spacial score (nSPS) is 21.2. The number of anilines is 1. The van der Waals surface area contributed by atoms with E-state index in [0.717, 1.165) is 49.7 Å². The molecule has 1 aromatic carbocycles. The number of aliphatic hydroxyl groups is 1. The Morgan fingerprint density at radius 2 is 1.89 bits per heavy atom. The molecule has 0 aliphatic heterocycles. The molecule has 2 heterocycles. The number of benzene rings is 1. The predicted molar refractivity (Wildman–Crippen MR) is 137 cm³/mol. The molecule has 2 N–H and O–H groups in total. The second kappa shape index (κ2) is 10.9. The van der Waals surface area contributed by atoms with Crippen molar-refractivity contribution in [2.45, 2.75) is 77.4 Å². The minimum Gasteiger partial charge on any atom is -0.388 e. The van der Waals surface area contributed by atoms with Crippen molar-refractivity contribution < 1.29 is 9.50 Å². The summed E-state index contributed by atoms with van der Waals surface area (Å²) in [6.45, 7) is 3.83. The topological polar surface area (TPSA) is 99.6 Å². The third-order valence-corrected chi connectivity index (χ3v) is 8.07. The molecule has 0 radical (unpaired) electrons. The Bertz CT molecular complexity index is 1240. The molecule has 0 saturated heterocycles. The van der Waals surface area contributed by atoms with Gasteiger partial charge in [-0.3, -0.25) is 0 Å². The van der Waals surface area contributed by atoms with E-state index in [-0.39, 0.29) is 17.8 Å². The lowest BCUT2D eigenvalue weighted by atomic mass is 9.83. The summed E-state index contributed by atoms with van der Waals surface area (Å²) >= 11 is 0. The van der Waals surface area contributed by atoms with Gasteiger partial charge in [-0.1, -0.05) is 57.2 Å². The number of fused-ring (bicyclic) bond motifs is 1. The molecule has 2 saturated carbocycles. The Balaban J connectivity index is 1.50. The van der Waals surface area contributed by atoms with E-state index in [1.807, 2.05) is 0 Å². The molecule has 36 heavy (non-hydrogen) atoms. The first-order valence-electron chi connectivity index (χ1n) is 13.4. The van der Waals surface area contributed by atoms with E-state index in [4.69, 9.17) is 4.98 Å². The minimum atomic E-state index is -1.04. The zero-order valence-corrected chi connectivity index (χ0v) is 21.0. The van der Waals surface area contributed by atoms with Crippen LogP contribution >= 0.6 is 0 Å². The monoisotopic (exact) mass is 490 g/mol. The van der Waals surface area contributed by atoms with Crippen LogP contribution in [0.2, 0.25) is 0 Å². The van der Waals surface area contributed by atoms with E-state index in [2.05, 4.69) is 32.8 Å². The van der Waals surface area contributed by atoms with Gasteiger partial charge in [0, 0.05) is 25.1 Å². The molecule has 2 aromatic heterocycles. The maximum atomic E-state index is 14.4. The third kappa shape index (κ3) is 5.36. The van der Waals surface area contributed by atoms with Crippen molar-refractivity contribution in [3.63, 3.8) is 0 Å². The number of aromatic nitrogens is 4. The largest absolute Gasteiger partial charge is 0.388 e. The average molecular weight is 491 g/mol. The van der Waals surface area contributed by atoms with Gasteiger partial charge in [-0.2, -0.15) is 15.2 Å². The van der Waals surface area contributed by atoms with E-state index < -0.39 is 11.9 Å². The molecule has 2 aliphatic rings. The molecular formula is C28H35FN6O. The fourth-order valence-corrected chi connectivity index (χ4v) is 5.58. The highest BCUT2D eigenvalue weighted by Gasteiger charge is 2.26. The van der Waals surface area contributed by atoms with Crippen molar-refractivity contribution in [1.82, 2.24) is 19.5 Å². The number of nitrogens with one attached hydrogen (secondary N) is 1. The van der Waals surface area contributed by atoms with Crippen LogP contribution in [-0.4, -0.2) is 31.2 Å². The molecular weight excluding hydrogens is 455 g/mol. The van der Waals surface area contributed by atoms with Gasteiger partial charge < -0.3 is 15.0 Å². The van der Waals surface area contributed by atoms with Gasteiger partial charge in [0.2, 0.25) is 5.82 Å². The summed E-state index contributed by atoms with van der Waals surface area (Å²) < 4.78 is 16.5. The van der Waals surface area contributed by atoms with Gasteiger partial charge >= 0.3 is 0 Å². The third-order valence-electron chi connectivity index (χ3n) is 8.07. The summed E-state index contributed by atoms with van der Waals surface area (Å²) in [4.78, 5) is 13.7. The molecule has 0 spiro atoms. The Morgan fingerprint density at radius 1 is 1.11 bits per heavy atom. The van der Waals surface area contributed by atoms with Crippen LogP contribution in [0.4, 0.5) is 10.2 Å². The standard InChI is InChI=1S/C28H35FN6O/c1-18-9-11-20(12-10-18)17-35-25(15-23(36)21-7-2-3-8-22(21)29)34-28-26(35)27(32-24(16-30)33-28)31-14-13-19-5-4-6-19/h2-3,7-8,18-20,23,36H,4-6,9-15,17H2,1H3,(H,31,32,33). The summed E-state index contributed by atoms with van der Waals surface area (Å²) in [5.74, 6) is 2.90. The molecule has 1 atom stereocenters. The number of nitrogens with zero attached hydrogens (tertiary/aromatic N) is 5. The lowest BCUT2D eigenvalue weighted by molar-refractivity contribution is 0.168. The van der Waals surface area contributed by atoms with E-state index in [1.165, 1.54) is 38.2 Å². The summed E-state index contributed by atoms with van der Waals surface area (Å²) in [6, 6.07) is 8.37. The lowest BCUT2D eigenvalue weighted by Gasteiger charge is -2.27. The van der Waals surface area contributed by atoms with Gasteiger partial charge in [-0.15, -0.1) is 0 Å². The van der Waals surface area contributed by atoms with E-state index in [9.17, 15) is 14.8 Å². The van der Waals surface area contributed by atoms with E-state index in [1.54, 1.807) is 18.2 Å². The van der Waals surface area contributed by atoms with Crippen LogP contribution in [0.3, 0.4) is 0 Å². The highest BCUT2D eigenvalue weighted by molar-refractivity contribution is 5.84. The first-order chi connectivity index (χ1) is 17.5. The summed E-state index contributed by atoms with van der Waals surface area (Å²) in [5.41, 5.74) is 1.48. The van der Waals surface area contributed by atoms with Gasteiger partial charge in [0.15, 0.2) is 11.5 Å². The molecule has 0 bridgehead atoms. The van der Waals surface area contributed by atoms with Crippen molar-refractivity contribution in [3.8, 4) is 6.07 Å². The molecule has 2 aliphatic carbocycles. The second-order valence-electron chi connectivity index (χ2n) is 10.7. The van der Waals surface area contributed by atoms with E-state index in [0.29, 0.717) is 23.2 Å². The van der Waals surface area contributed by atoms with Gasteiger partial charge in [0.1, 0.15) is 23.2 Å². The van der Waals surface area contributed by atoms with Crippen molar-refractivity contribution in [2.75, 3.05) is 11.9 Å². The number of aliphatic hydroxyl groups excluding tert-OH is 1. The number of hydrogen-bond acceptors (Lipinski definition) is 6. The quantitative estimate of drug-likeness (QED) is 0.408. The number of imidazole rings is 1. The number of rotatable bonds is 9. The van der Waals surface area contributed by atoms with Crippen LogP contribution in [0.25, 0.3) is 11.2 Å². The van der Waals surface area contributed by atoms with E-state index >= 15 is 0 Å². The van der Waals surface area contributed by atoms with Crippen LogP contribution in [0.5, 0.6) is 0 Å². The fourth-order valence-electron chi connectivity index (χ4n) is 5.58. The molecule has 0 amide bonds. The minimum absolute atomic E-state index is 0.0750. The molecule has 5 rings (SSSR count). The average Bonchev–Trinajstić information content (AvgIpc) is 3.18. The number of nitriles is 1. The van der Waals surface area contributed by atoms with Crippen molar-refractivity contribution in [1.29, 1.82) is 5.26 Å². The fraction of sp³-hybridized carbons (Fsp3) is 0.571. The predicted octanol–water partition coefficient (Wildman–Crippen LogP) is 5.54. The van der Waals surface area contributed by atoms with Crippen LogP contribution in [0.15, 0.2) is 24.3 Å². The van der Waals surface area contributed by atoms with Crippen molar-refractivity contribution in [2.24, 2.45) is 17.8 Å². The Labute approximate surface area is 211 Å². The smallest absolute Gasteiger partial charge is 0.236 e. The summed E-state index contributed by atoms with van der Waals surface area (Å²) in [7, 11) is 0. The Morgan fingerprint density at radius 3 is 2.58 bits per heavy atom. The molecule has 1 unspecified atom stereocenters. The first kappa shape index (κ1) is 24.6. The van der Waals surface area contributed by atoms with Gasteiger partial charge in [-0.05, 0) is 43.1 Å². The zero-order chi connectivity index (χ0) is 25.1. The molecule has 3 aromatic rings. The highest BCUT2D eigenvalue weighted by atomic mass is 19.1. The van der Waals surface area contributed by atoms with Crippen molar-refractivity contribution >= 4 is 17.0 Å². The maximum absolute atomic E-state index is 14.4. The first-order valence-corrected chi connectivity index (χ1v) is 13.4. The van der Waals surface area contributed by atoms with Crippen LogP contribution < -0.4 is 5.32 Å².